The number of aromatic nitrogens is 2. The van der Waals surface area contributed by atoms with Crippen LogP contribution in [0.1, 0.15) is 24.6 Å². The molecule has 2 heterocycles. The van der Waals surface area contributed by atoms with Gasteiger partial charge in [0.15, 0.2) is 5.82 Å². The van der Waals surface area contributed by atoms with E-state index in [0.717, 1.165) is 48.7 Å². The fraction of sp³-hybridized carbons (Fsp3) is 0.412. The number of benzene rings is 1. The van der Waals surface area contributed by atoms with E-state index in [4.69, 9.17) is 4.98 Å². The van der Waals surface area contributed by atoms with Gasteiger partial charge in [0.2, 0.25) is 0 Å². The standard InChI is InChI=1S/C17H22N4/c1-4-5-14-11-16(18-2)20-17(19-14)13-6-7-15-12(10-13)8-9-21(15)3/h6-7,10-11H,4-5,8-9H2,1-3H3,(H,18,19,20). The van der Waals surface area contributed by atoms with Gasteiger partial charge >= 0.3 is 0 Å². The first kappa shape index (κ1) is 13.9. The summed E-state index contributed by atoms with van der Waals surface area (Å²) in [5.41, 5.74) is 4.94. The van der Waals surface area contributed by atoms with Crippen LogP contribution in [0.15, 0.2) is 24.3 Å². The number of hydrogen-bond acceptors (Lipinski definition) is 4. The molecule has 110 valence electrons. The Morgan fingerprint density at radius 2 is 2.10 bits per heavy atom. The number of aryl methyl sites for hydroxylation is 1. The number of nitrogens with one attached hydrogen (secondary N) is 1. The van der Waals surface area contributed by atoms with Crippen LogP contribution < -0.4 is 10.2 Å². The number of likely N-dealkylation sites (N-methyl/N-ethyl adjacent to an activating group) is 1. The average molecular weight is 282 g/mol. The van der Waals surface area contributed by atoms with E-state index in [1.165, 1.54) is 11.3 Å². The summed E-state index contributed by atoms with van der Waals surface area (Å²) in [5, 5.41) is 3.14. The average Bonchev–Trinajstić information content (AvgIpc) is 2.88. The molecule has 1 aromatic carbocycles. The second kappa shape index (κ2) is 5.72. The van der Waals surface area contributed by atoms with Crippen molar-refractivity contribution in [1.82, 2.24) is 9.97 Å². The first-order chi connectivity index (χ1) is 10.2. The normalized spacial score (nSPS) is 13.4. The molecule has 0 bridgehead atoms. The van der Waals surface area contributed by atoms with E-state index >= 15 is 0 Å². The smallest absolute Gasteiger partial charge is 0.161 e. The predicted molar refractivity (Wildman–Crippen MR) is 88.0 cm³/mol. The van der Waals surface area contributed by atoms with Crippen molar-refractivity contribution in [2.45, 2.75) is 26.2 Å². The summed E-state index contributed by atoms with van der Waals surface area (Å²) in [6.07, 6.45) is 3.18. The lowest BCUT2D eigenvalue weighted by molar-refractivity contribution is 0.876. The van der Waals surface area contributed by atoms with Crippen molar-refractivity contribution in [3.05, 3.63) is 35.5 Å². The highest BCUT2D eigenvalue weighted by Gasteiger charge is 2.17. The minimum Gasteiger partial charge on any atom is -0.374 e. The number of nitrogens with zero attached hydrogens (tertiary/aromatic N) is 3. The Balaban J connectivity index is 2.01. The van der Waals surface area contributed by atoms with Crippen molar-refractivity contribution in [2.75, 3.05) is 30.9 Å². The van der Waals surface area contributed by atoms with Gasteiger partial charge < -0.3 is 10.2 Å². The Labute approximate surface area is 126 Å². The second-order valence-corrected chi connectivity index (χ2v) is 5.58. The highest BCUT2D eigenvalue weighted by molar-refractivity contribution is 5.67. The van der Waals surface area contributed by atoms with Gasteiger partial charge in [-0.2, -0.15) is 0 Å². The van der Waals surface area contributed by atoms with Crippen molar-refractivity contribution in [3.8, 4) is 11.4 Å². The molecule has 0 radical (unpaired) electrons. The third kappa shape index (κ3) is 2.71. The second-order valence-electron chi connectivity index (χ2n) is 5.58. The maximum atomic E-state index is 4.72. The molecule has 1 aromatic heterocycles. The fourth-order valence-corrected chi connectivity index (χ4v) is 2.84. The van der Waals surface area contributed by atoms with Crippen LogP contribution in [0.25, 0.3) is 11.4 Å². The molecule has 3 rings (SSSR count). The SMILES string of the molecule is CCCc1cc(NC)nc(-c2ccc3c(c2)CCN3C)n1. The molecule has 1 aliphatic heterocycles. The summed E-state index contributed by atoms with van der Waals surface area (Å²) < 4.78 is 0. The van der Waals surface area contributed by atoms with E-state index in [1.54, 1.807) is 0 Å². The van der Waals surface area contributed by atoms with Gasteiger partial charge in [-0.1, -0.05) is 13.3 Å². The summed E-state index contributed by atoms with van der Waals surface area (Å²) >= 11 is 0. The number of fused-ring (bicyclic) bond motifs is 1. The summed E-state index contributed by atoms with van der Waals surface area (Å²) in [6.45, 7) is 3.27. The largest absolute Gasteiger partial charge is 0.374 e. The van der Waals surface area contributed by atoms with E-state index in [-0.39, 0.29) is 0 Å². The van der Waals surface area contributed by atoms with E-state index < -0.39 is 0 Å². The fourth-order valence-electron chi connectivity index (χ4n) is 2.84. The summed E-state index contributed by atoms with van der Waals surface area (Å²) in [7, 11) is 4.04. The maximum absolute atomic E-state index is 4.72. The van der Waals surface area contributed by atoms with Crippen LogP contribution in [0.3, 0.4) is 0 Å². The minimum atomic E-state index is 0.822. The zero-order chi connectivity index (χ0) is 14.8. The molecule has 4 heteroatoms. The molecule has 0 amide bonds. The Kier molecular flexibility index (Phi) is 3.78. The van der Waals surface area contributed by atoms with E-state index in [1.807, 2.05) is 13.1 Å². The van der Waals surface area contributed by atoms with Crippen molar-refractivity contribution in [3.63, 3.8) is 0 Å². The van der Waals surface area contributed by atoms with Crippen molar-refractivity contribution >= 4 is 11.5 Å². The van der Waals surface area contributed by atoms with Crippen LogP contribution in [-0.4, -0.2) is 30.6 Å². The van der Waals surface area contributed by atoms with Gasteiger partial charge in [0.1, 0.15) is 5.82 Å². The van der Waals surface area contributed by atoms with E-state index in [2.05, 4.69) is 47.4 Å². The molecule has 0 unspecified atom stereocenters. The third-order valence-electron chi connectivity index (χ3n) is 4.01. The molecule has 0 saturated carbocycles. The van der Waals surface area contributed by atoms with Gasteiger partial charge in [-0.05, 0) is 36.6 Å². The molecule has 0 atom stereocenters. The van der Waals surface area contributed by atoms with Gasteiger partial charge in [-0.25, -0.2) is 9.97 Å². The number of rotatable bonds is 4. The first-order valence-corrected chi connectivity index (χ1v) is 7.61. The quantitative estimate of drug-likeness (QED) is 0.935. The van der Waals surface area contributed by atoms with Crippen LogP contribution in [0.2, 0.25) is 0 Å². The topological polar surface area (TPSA) is 41.1 Å². The first-order valence-electron chi connectivity index (χ1n) is 7.61. The highest BCUT2D eigenvalue weighted by atomic mass is 15.1. The monoisotopic (exact) mass is 282 g/mol. The van der Waals surface area contributed by atoms with Gasteiger partial charge in [-0.3, -0.25) is 0 Å². The minimum absolute atomic E-state index is 0.822. The lowest BCUT2D eigenvalue weighted by Crippen LogP contribution is -2.12. The lowest BCUT2D eigenvalue weighted by atomic mass is 10.1. The Morgan fingerprint density at radius 3 is 2.86 bits per heavy atom. The van der Waals surface area contributed by atoms with Crippen LogP contribution >= 0.6 is 0 Å². The van der Waals surface area contributed by atoms with Crippen LogP contribution in [-0.2, 0) is 12.8 Å². The van der Waals surface area contributed by atoms with E-state index in [9.17, 15) is 0 Å². The molecule has 21 heavy (non-hydrogen) atoms. The van der Waals surface area contributed by atoms with Crippen molar-refractivity contribution in [1.29, 1.82) is 0 Å². The molecule has 2 aromatic rings. The Morgan fingerprint density at radius 1 is 1.24 bits per heavy atom. The summed E-state index contributed by atoms with van der Waals surface area (Å²) in [6, 6.07) is 8.59. The maximum Gasteiger partial charge on any atom is 0.161 e. The number of anilines is 2. The zero-order valence-corrected chi connectivity index (χ0v) is 13.0. The molecule has 1 aliphatic rings. The summed E-state index contributed by atoms with van der Waals surface area (Å²) in [4.78, 5) is 11.6. The Hall–Kier alpha value is -2.10. The summed E-state index contributed by atoms with van der Waals surface area (Å²) in [5.74, 6) is 1.71. The number of hydrogen-bond donors (Lipinski definition) is 1. The molecule has 0 spiro atoms. The van der Waals surface area contributed by atoms with Crippen molar-refractivity contribution < 1.29 is 0 Å². The van der Waals surface area contributed by atoms with Gasteiger partial charge in [-0.15, -0.1) is 0 Å². The zero-order valence-electron chi connectivity index (χ0n) is 13.0. The molecule has 0 saturated heterocycles. The third-order valence-corrected chi connectivity index (χ3v) is 4.01. The van der Waals surface area contributed by atoms with Crippen LogP contribution in [0.4, 0.5) is 11.5 Å². The predicted octanol–water partition coefficient (Wildman–Crippen LogP) is 3.13. The van der Waals surface area contributed by atoms with Gasteiger partial charge in [0.25, 0.3) is 0 Å². The molecule has 1 N–H and O–H groups in total. The van der Waals surface area contributed by atoms with Crippen LogP contribution in [0, 0.1) is 0 Å². The molecular formula is C17H22N4. The molecule has 0 aliphatic carbocycles. The van der Waals surface area contributed by atoms with E-state index in [0.29, 0.717) is 0 Å². The highest BCUT2D eigenvalue weighted by Crippen LogP contribution is 2.30. The molecule has 4 nitrogen and oxygen atoms in total. The molecule has 0 fully saturated rings. The van der Waals surface area contributed by atoms with Crippen molar-refractivity contribution in [2.24, 2.45) is 0 Å². The lowest BCUT2D eigenvalue weighted by Gasteiger charge is -2.12. The van der Waals surface area contributed by atoms with Crippen LogP contribution in [0.5, 0.6) is 0 Å². The molecular weight excluding hydrogens is 260 g/mol. The Bertz CT molecular complexity index is 651. The van der Waals surface area contributed by atoms with Gasteiger partial charge in [0.05, 0.1) is 0 Å². The van der Waals surface area contributed by atoms with Gasteiger partial charge in [0, 0.05) is 43.7 Å².